The van der Waals surface area contributed by atoms with E-state index in [1.54, 1.807) is 0 Å². The minimum absolute atomic E-state index is 0.118. The molecule has 0 amide bonds. The van der Waals surface area contributed by atoms with E-state index in [1.807, 2.05) is 11.3 Å². The lowest BCUT2D eigenvalue weighted by atomic mass is 9.78. The summed E-state index contributed by atoms with van der Waals surface area (Å²) in [6, 6.07) is 57.0. The van der Waals surface area contributed by atoms with Crippen LogP contribution in [0.3, 0.4) is 0 Å². The molecule has 0 unspecified atom stereocenters. The number of rotatable bonds is 3. The van der Waals surface area contributed by atoms with Gasteiger partial charge in [0.15, 0.2) is 0 Å². The fourth-order valence-electron chi connectivity index (χ4n) is 9.75. The minimum atomic E-state index is -0.130. The second-order valence-corrected chi connectivity index (χ2v) is 16.8. The average Bonchev–Trinajstić information content (AvgIpc) is 3.73. The highest BCUT2D eigenvalue weighted by Crippen LogP contribution is 2.55. The van der Waals surface area contributed by atoms with Gasteiger partial charge in [-0.15, -0.1) is 11.3 Å². The fourth-order valence-corrected chi connectivity index (χ4v) is 10.9. The summed E-state index contributed by atoms with van der Waals surface area (Å²) in [7, 11) is 0. The molecule has 0 atom stereocenters. The van der Waals surface area contributed by atoms with Crippen LogP contribution in [0.25, 0.3) is 64.0 Å². The summed E-state index contributed by atoms with van der Waals surface area (Å²) in [4.78, 5) is 2.44. The molecular formula is C50H37NS. The monoisotopic (exact) mass is 683 g/mol. The molecule has 1 heterocycles. The predicted molar refractivity (Wildman–Crippen MR) is 224 cm³/mol. The third-order valence-corrected chi connectivity index (χ3v) is 13.3. The molecule has 9 aromatic rings. The maximum Gasteiger partial charge on any atom is 0.0468 e. The van der Waals surface area contributed by atoms with Gasteiger partial charge in [-0.2, -0.15) is 0 Å². The predicted octanol–water partition coefficient (Wildman–Crippen LogP) is 14.4. The molecule has 0 fully saturated rings. The summed E-state index contributed by atoms with van der Waals surface area (Å²) < 4.78 is 2.72. The Morgan fingerprint density at radius 1 is 0.385 bits per heavy atom. The highest BCUT2D eigenvalue weighted by molar-refractivity contribution is 7.25. The van der Waals surface area contributed by atoms with Gasteiger partial charge in [-0.05, 0) is 121 Å². The van der Waals surface area contributed by atoms with E-state index in [0.717, 1.165) is 11.4 Å². The SMILES string of the molecule is CC1(C)c2cc(N(c3ccccc3)c3ccc4c5c(ccc4c3)-c3ccc4ccccc4c3C5(C)C)ccc2-c2cc3sc4ccccc4c3cc21. The number of benzene rings is 8. The zero-order chi connectivity index (χ0) is 34.9. The first kappa shape index (κ1) is 30.0. The van der Waals surface area contributed by atoms with Crippen molar-refractivity contribution in [3.63, 3.8) is 0 Å². The Labute approximate surface area is 308 Å². The first-order chi connectivity index (χ1) is 25.3. The molecular weight excluding hydrogens is 647 g/mol. The average molecular weight is 684 g/mol. The zero-order valence-electron chi connectivity index (χ0n) is 29.8. The van der Waals surface area contributed by atoms with Gasteiger partial charge in [-0.1, -0.05) is 125 Å². The van der Waals surface area contributed by atoms with Crippen LogP contribution in [0, 0.1) is 0 Å². The molecule has 8 aromatic carbocycles. The second kappa shape index (κ2) is 10.4. The van der Waals surface area contributed by atoms with E-state index in [9.17, 15) is 0 Å². The molecule has 1 aromatic heterocycles. The first-order valence-electron chi connectivity index (χ1n) is 18.3. The molecule has 0 radical (unpaired) electrons. The molecule has 248 valence electrons. The molecule has 0 saturated heterocycles. The standard InChI is InChI=1S/C50H37NS/c1-49(2)43-27-34(21-25-37(43)41-29-46-42(28-44(41)49)38-16-10-11-17-45(38)52-46)51(32-13-6-5-7-14-32)33-20-24-36-31(26-33)19-23-40-39-22-18-30-12-8-9-15-35(30)47(39)50(3,4)48(36)40/h5-29H,1-4H3. The molecule has 2 aliphatic carbocycles. The fraction of sp³-hybridized carbons (Fsp3) is 0.120. The van der Waals surface area contributed by atoms with Gasteiger partial charge in [-0.25, -0.2) is 0 Å². The van der Waals surface area contributed by atoms with Gasteiger partial charge in [0.25, 0.3) is 0 Å². The maximum atomic E-state index is 2.47. The molecule has 2 heteroatoms. The quantitative estimate of drug-likeness (QED) is 0.179. The van der Waals surface area contributed by atoms with Gasteiger partial charge in [0.1, 0.15) is 0 Å². The third-order valence-electron chi connectivity index (χ3n) is 12.2. The van der Waals surface area contributed by atoms with E-state index in [0.29, 0.717) is 0 Å². The van der Waals surface area contributed by atoms with E-state index in [4.69, 9.17) is 0 Å². The van der Waals surface area contributed by atoms with Crippen molar-refractivity contribution in [1.29, 1.82) is 0 Å². The summed E-state index contributed by atoms with van der Waals surface area (Å²) in [6.45, 7) is 9.61. The van der Waals surface area contributed by atoms with Crippen molar-refractivity contribution in [2.24, 2.45) is 0 Å². The van der Waals surface area contributed by atoms with E-state index < -0.39 is 0 Å². The van der Waals surface area contributed by atoms with Crippen LogP contribution in [0.5, 0.6) is 0 Å². The largest absolute Gasteiger partial charge is 0.310 e. The molecule has 11 rings (SSSR count). The topological polar surface area (TPSA) is 3.24 Å². The Bertz CT molecular complexity index is 2960. The van der Waals surface area contributed by atoms with E-state index in [2.05, 4.69) is 184 Å². The molecule has 0 aliphatic heterocycles. The van der Waals surface area contributed by atoms with Crippen LogP contribution in [0.15, 0.2) is 152 Å². The molecule has 0 saturated carbocycles. The van der Waals surface area contributed by atoms with E-state index in [-0.39, 0.29) is 10.8 Å². The van der Waals surface area contributed by atoms with Gasteiger partial charge in [0, 0.05) is 48.1 Å². The number of hydrogen-bond acceptors (Lipinski definition) is 2. The van der Waals surface area contributed by atoms with Crippen molar-refractivity contribution in [2.75, 3.05) is 4.90 Å². The van der Waals surface area contributed by atoms with Crippen LogP contribution in [0.4, 0.5) is 17.1 Å². The molecule has 0 N–H and O–H groups in total. The van der Waals surface area contributed by atoms with Crippen LogP contribution in [-0.4, -0.2) is 0 Å². The first-order valence-corrected chi connectivity index (χ1v) is 19.2. The molecule has 2 aliphatic rings. The molecule has 1 nitrogen and oxygen atoms in total. The second-order valence-electron chi connectivity index (χ2n) is 15.7. The highest BCUT2D eigenvalue weighted by atomic mass is 32.1. The third kappa shape index (κ3) is 3.99. The Balaban J connectivity index is 1.06. The van der Waals surface area contributed by atoms with Gasteiger partial charge < -0.3 is 4.90 Å². The van der Waals surface area contributed by atoms with Gasteiger partial charge in [0.2, 0.25) is 0 Å². The number of anilines is 3. The Morgan fingerprint density at radius 2 is 1.00 bits per heavy atom. The summed E-state index contributed by atoms with van der Waals surface area (Å²) >= 11 is 1.90. The lowest BCUT2D eigenvalue weighted by Crippen LogP contribution is -2.17. The normalized spacial score (nSPS) is 14.8. The lowest BCUT2D eigenvalue weighted by Gasteiger charge is -2.29. The van der Waals surface area contributed by atoms with Gasteiger partial charge in [0.05, 0.1) is 0 Å². The van der Waals surface area contributed by atoms with Crippen LogP contribution < -0.4 is 4.90 Å². The Hall–Kier alpha value is -5.70. The minimum Gasteiger partial charge on any atom is -0.310 e. The maximum absolute atomic E-state index is 2.47. The number of thiophene rings is 1. The van der Waals surface area contributed by atoms with Gasteiger partial charge >= 0.3 is 0 Å². The summed E-state index contributed by atoms with van der Waals surface area (Å²) in [5.74, 6) is 0. The van der Waals surface area contributed by atoms with Crippen molar-refractivity contribution >= 4 is 70.1 Å². The summed E-state index contributed by atoms with van der Waals surface area (Å²) in [6.07, 6.45) is 0. The van der Waals surface area contributed by atoms with Crippen molar-refractivity contribution in [3.05, 3.63) is 174 Å². The summed E-state index contributed by atoms with van der Waals surface area (Å²) in [5, 5.41) is 7.99. The number of hydrogen-bond donors (Lipinski definition) is 0. The Kier molecular flexibility index (Phi) is 6.02. The molecule has 52 heavy (non-hydrogen) atoms. The van der Waals surface area contributed by atoms with Crippen LogP contribution in [0.2, 0.25) is 0 Å². The number of fused-ring (bicyclic) bond motifs is 13. The smallest absolute Gasteiger partial charge is 0.0468 e. The van der Waals surface area contributed by atoms with Crippen molar-refractivity contribution in [2.45, 2.75) is 38.5 Å². The van der Waals surface area contributed by atoms with Crippen LogP contribution in [-0.2, 0) is 10.8 Å². The molecule has 0 bridgehead atoms. The van der Waals surface area contributed by atoms with Crippen LogP contribution in [0.1, 0.15) is 49.9 Å². The van der Waals surface area contributed by atoms with E-state index >= 15 is 0 Å². The zero-order valence-corrected chi connectivity index (χ0v) is 30.6. The number of para-hydroxylation sites is 1. The van der Waals surface area contributed by atoms with Crippen molar-refractivity contribution in [1.82, 2.24) is 0 Å². The molecule has 0 spiro atoms. The lowest BCUT2D eigenvalue weighted by molar-refractivity contribution is 0.661. The summed E-state index contributed by atoms with van der Waals surface area (Å²) in [5.41, 5.74) is 14.4. The highest BCUT2D eigenvalue weighted by Gasteiger charge is 2.39. The Morgan fingerprint density at radius 3 is 1.81 bits per heavy atom. The van der Waals surface area contributed by atoms with Crippen LogP contribution >= 0.6 is 11.3 Å². The van der Waals surface area contributed by atoms with Crippen molar-refractivity contribution < 1.29 is 0 Å². The van der Waals surface area contributed by atoms with Gasteiger partial charge in [-0.3, -0.25) is 0 Å². The van der Waals surface area contributed by atoms with Crippen molar-refractivity contribution in [3.8, 4) is 22.3 Å². The van der Waals surface area contributed by atoms with E-state index in [1.165, 1.54) is 91.9 Å². The number of nitrogens with zero attached hydrogens (tertiary/aromatic N) is 1.